The third-order valence-corrected chi connectivity index (χ3v) is 6.76. The number of nitrogens with zero attached hydrogens (tertiary/aromatic N) is 1. The lowest BCUT2D eigenvalue weighted by Crippen LogP contribution is -2.32. The third kappa shape index (κ3) is 6.34. The number of benzene rings is 3. The van der Waals surface area contributed by atoms with Crippen molar-refractivity contribution in [3.8, 4) is 17.2 Å². The molecule has 0 atom stereocenters. The average Bonchev–Trinajstić information content (AvgIpc) is 3.12. The van der Waals surface area contributed by atoms with Gasteiger partial charge in [0.2, 0.25) is 0 Å². The van der Waals surface area contributed by atoms with Crippen molar-refractivity contribution in [3.05, 3.63) is 92.1 Å². The predicted molar refractivity (Wildman–Crippen MR) is 141 cm³/mol. The zero-order valence-corrected chi connectivity index (χ0v) is 21.7. The number of amides is 2. The summed E-state index contributed by atoms with van der Waals surface area (Å²) in [5, 5.41) is -0.334. The van der Waals surface area contributed by atoms with Gasteiger partial charge in [-0.1, -0.05) is 30.3 Å². The molecule has 0 radical (unpaired) electrons. The number of ether oxygens (including phenoxy) is 3. The maximum absolute atomic E-state index is 13.1. The van der Waals surface area contributed by atoms with Crippen molar-refractivity contribution in [2.45, 2.75) is 6.61 Å². The number of hydrogen-bond acceptors (Lipinski definition) is 6. The summed E-state index contributed by atoms with van der Waals surface area (Å²) in [5.74, 6) is 1.04. The van der Waals surface area contributed by atoms with Crippen LogP contribution in [0.15, 0.2) is 71.6 Å². The Morgan fingerprint density at radius 3 is 2.49 bits per heavy atom. The summed E-state index contributed by atoms with van der Waals surface area (Å²) in [6.07, 6.45) is 1.66. The molecule has 0 aliphatic carbocycles. The van der Waals surface area contributed by atoms with Crippen LogP contribution >= 0.6 is 34.4 Å². The summed E-state index contributed by atoms with van der Waals surface area (Å²) in [6.45, 7) is 0.616. The number of rotatable bonds is 9. The first-order valence-electron chi connectivity index (χ1n) is 10.6. The van der Waals surface area contributed by atoms with Crippen LogP contribution in [-0.4, -0.2) is 36.3 Å². The lowest BCUT2D eigenvalue weighted by molar-refractivity contribution is -0.123. The topological polar surface area (TPSA) is 65.1 Å². The first-order valence-corrected chi connectivity index (χ1v) is 12.5. The number of methoxy groups -OCH3 is 1. The second-order valence-corrected chi connectivity index (χ2v) is 9.60. The number of carbonyl (C=O) groups is 2. The maximum Gasteiger partial charge on any atom is 0.293 e. The van der Waals surface area contributed by atoms with E-state index in [1.165, 1.54) is 24.1 Å². The molecule has 180 valence electrons. The minimum Gasteiger partial charge on any atom is -0.493 e. The maximum atomic E-state index is 13.1. The molecule has 0 bridgehead atoms. The molecule has 3 aromatic rings. The summed E-state index contributed by atoms with van der Waals surface area (Å²) in [6, 6.07) is 18.9. The van der Waals surface area contributed by atoms with Crippen LogP contribution in [0.1, 0.15) is 11.1 Å². The Labute approximate surface area is 220 Å². The van der Waals surface area contributed by atoms with Gasteiger partial charge in [-0.05, 0) is 88.0 Å². The van der Waals surface area contributed by atoms with Gasteiger partial charge in [-0.2, -0.15) is 0 Å². The summed E-state index contributed by atoms with van der Waals surface area (Å²) in [7, 11) is 1.53. The van der Waals surface area contributed by atoms with Gasteiger partial charge in [-0.3, -0.25) is 14.5 Å². The molecule has 1 heterocycles. The standard InChI is InChI=1S/C26H21FINO5S/c1-32-22-14-18(13-21(28)24(22)34-16-17-7-9-19(27)10-8-17)15-23-25(30)29(26(31)35-23)11-12-33-20-5-3-2-4-6-20/h2-10,13-15H,11-12,16H2,1H3/b23-15-. The number of hydrogen-bond donors (Lipinski definition) is 0. The minimum absolute atomic E-state index is 0.161. The molecule has 2 amide bonds. The Hall–Kier alpha value is -3.05. The van der Waals surface area contributed by atoms with Crippen LogP contribution < -0.4 is 14.2 Å². The molecule has 1 aliphatic heterocycles. The summed E-state index contributed by atoms with van der Waals surface area (Å²) < 4.78 is 30.9. The Morgan fingerprint density at radius 1 is 1.03 bits per heavy atom. The highest BCUT2D eigenvalue weighted by molar-refractivity contribution is 14.1. The molecule has 0 saturated carbocycles. The normalized spacial score (nSPS) is 14.5. The molecule has 0 unspecified atom stereocenters. The van der Waals surface area contributed by atoms with Gasteiger partial charge in [0, 0.05) is 0 Å². The zero-order chi connectivity index (χ0) is 24.8. The van der Waals surface area contributed by atoms with Gasteiger partial charge < -0.3 is 14.2 Å². The van der Waals surface area contributed by atoms with Gasteiger partial charge in [0.15, 0.2) is 11.5 Å². The molecule has 1 aliphatic rings. The number of imide groups is 1. The smallest absolute Gasteiger partial charge is 0.293 e. The third-order valence-electron chi connectivity index (χ3n) is 5.05. The van der Waals surface area contributed by atoms with Crippen molar-refractivity contribution in [1.29, 1.82) is 0 Å². The summed E-state index contributed by atoms with van der Waals surface area (Å²) in [4.78, 5) is 26.8. The minimum atomic E-state index is -0.359. The molecule has 3 aromatic carbocycles. The van der Waals surface area contributed by atoms with E-state index in [0.717, 1.165) is 20.9 Å². The van der Waals surface area contributed by atoms with Gasteiger partial charge in [-0.25, -0.2) is 4.39 Å². The Balaban J connectivity index is 1.44. The van der Waals surface area contributed by atoms with Gasteiger partial charge >= 0.3 is 0 Å². The van der Waals surface area contributed by atoms with Crippen molar-refractivity contribution in [2.75, 3.05) is 20.3 Å². The van der Waals surface area contributed by atoms with Crippen LogP contribution in [0.5, 0.6) is 17.2 Å². The van der Waals surface area contributed by atoms with Gasteiger partial charge in [0.1, 0.15) is 24.8 Å². The van der Waals surface area contributed by atoms with Crippen LogP contribution in [0.3, 0.4) is 0 Å². The zero-order valence-electron chi connectivity index (χ0n) is 18.7. The van der Waals surface area contributed by atoms with E-state index in [1.54, 1.807) is 24.3 Å². The van der Waals surface area contributed by atoms with Gasteiger partial charge in [-0.15, -0.1) is 0 Å². The van der Waals surface area contributed by atoms with Crippen molar-refractivity contribution < 1.29 is 28.2 Å². The van der Waals surface area contributed by atoms with Crippen LogP contribution in [0.4, 0.5) is 9.18 Å². The number of para-hydroxylation sites is 1. The Kier molecular flexibility index (Phi) is 8.29. The van der Waals surface area contributed by atoms with Gasteiger partial charge in [0.25, 0.3) is 11.1 Å². The first kappa shape index (κ1) is 25.1. The molecule has 0 spiro atoms. The van der Waals surface area contributed by atoms with E-state index in [0.29, 0.717) is 27.7 Å². The van der Waals surface area contributed by atoms with E-state index in [9.17, 15) is 14.0 Å². The molecule has 35 heavy (non-hydrogen) atoms. The molecule has 1 fully saturated rings. The number of carbonyl (C=O) groups excluding carboxylic acids is 2. The monoisotopic (exact) mass is 605 g/mol. The van der Waals surface area contributed by atoms with E-state index >= 15 is 0 Å². The first-order chi connectivity index (χ1) is 16.9. The Morgan fingerprint density at radius 2 is 1.77 bits per heavy atom. The molecular weight excluding hydrogens is 584 g/mol. The molecule has 4 rings (SSSR count). The van der Waals surface area contributed by atoms with Crippen LogP contribution in [-0.2, 0) is 11.4 Å². The highest BCUT2D eigenvalue weighted by atomic mass is 127. The fourth-order valence-corrected chi connectivity index (χ4v) is 4.96. The van der Waals surface area contributed by atoms with Crippen molar-refractivity contribution in [3.63, 3.8) is 0 Å². The SMILES string of the molecule is COc1cc(/C=C2\SC(=O)N(CCOc3ccccc3)C2=O)cc(I)c1OCc1ccc(F)cc1. The fourth-order valence-electron chi connectivity index (χ4n) is 3.31. The van der Waals surface area contributed by atoms with Crippen molar-refractivity contribution >= 4 is 51.6 Å². The van der Waals surface area contributed by atoms with Crippen molar-refractivity contribution in [2.24, 2.45) is 0 Å². The molecule has 0 aromatic heterocycles. The second-order valence-electron chi connectivity index (χ2n) is 7.44. The largest absolute Gasteiger partial charge is 0.493 e. The predicted octanol–water partition coefficient (Wildman–Crippen LogP) is 6.13. The van der Waals surface area contributed by atoms with E-state index in [4.69, 9.17) is 14.2 Å². The number of thioether (sulfide) groups is 1. The average molecular weight is 605 g/mol. The molecular formula is C26H21FINO5S. The van der Waals surface area contributed by atoms with Crippen LogP contribution in [0, 0.1) is 9.39 Å². The van der Waals surface area contributed by atoms with Gasteiger partial charge in [0.05, 0.1) is 22.1 Å². The van der Waals surface area contributed by atoms with Crippen LogP contribution in [0.2, 0.25) is 0 Å². The van der Waals surface area contributed by atoms with E-state index in [1.807, 2.05) is 36.4 Å². The second kappa shape index (κ2) is 11.6. The van der Waals surface area contributed by atoms with Crippen LogP contribution in [0.25, 0.3) is 6.08 Å². The molecule has 1 saturated heterocycles. The fraction of sp³-hybridized carbons (Fsp3) is 0.154. The van der Waals surface area contributed by atoms with E-state index < -0.39 is 0 Å². The highest BCUT2D eigenvalue weighted by Gasteiger charge is 2.34. The molecule has 0 N–H and O–H groups in total. The summed E-state index contributed by atoms with van der Waals surface area (Å²) in [5.41, 5.74) is 1.52. The number of halogens is 2. The van der Waals surface area contributed by atoms with Crippen molar-refractivity contribution in [1.82, 2.24) is 4.90 Å². The quantitative estimate of drug-likeness (QED) is 0.216. The lowest BCUT2D eigenvalue weighted by Gasteiger charge is -2.14. The molecule has 9 heteroatoms. The Bertz CT molecular complexity index is 1250. The van der Waals surface area contributed by atoms with E-state index in [2.05, 4.69) is 22.6 Å². The lowest BCUT2D eigenvalue weighted by atomic mass is 10.1. The highest BCUT2D eigenvalue weighted by Crippen LogP contribution is 2.37. The molecule has 6 nitrogen and oxygen atoms in total. The van der Waals surface area contributed by atoms with E-state index in [-0.39, 0.29) is 36.7 Å². The summed E-state index contributed by atoms with van der Waals surface area (Å²) >= 11 is 3.02.